The van der Waals surface area contributed by atoms with Gasteiger partial charge in [-0.3, -0.25) is 0 Å². The van der Waals surface area contributed by atoms with Gasteiger partial charge >= 0.3 is 0 Å². The molecule has 0 radical (unpaired) electrons. The first kappa shape index (κ1) is 13.2. The highest BCUT2D eigenvalue weighted by Crippen LogP contribution is 2.24. The van der Waals surface area contributed by atoms with Gasteiger partial charge in [0.1, 0.15) is 0 Å². The summed E-state index contributed by atoms with van der Waals surface area (Å²) < 4.78 is 0. The van der Waals surface area contributed by atoms with Crippen LogP contribution in [0.2, 0.25) is 0 Å². The number of nitrogens with two attached hydrogens (primary N) is 1. The van der Waals surface area contributed by atoms with E-state index in [2.05, 4.69) is 12.2 Å². The molecule has 0 aliphatic rings. The van der Waals surface area contributed by atoms with Crippen LogP contribution in [-0.4, -0.2) is 29.3 Å². The van der Waals surface area contributed by atoms with Crippen molar-refractivity contribution in [1.82, 2.24) is 0 Å². The van der Waals surface area contributed by atoms with E-state index in [1.165, 1.54) is 0 Å². The van der Waals surface area contributed by atoms with Gasteiger partial charge in [-0.05, 0) is 31.7 Å². The Morgan fingerprint density at radius 1 is 1.50 bits per heavy atom. The zero-order valence-corrected chi connectivity index (χ0v) is 10.8. The van der Waals surface area contributed by atoms with E-state index in [9.17, 15) is 5.11 Å². The number of para-hydroxylation sites is 1. The first-order valence-electron chi connectivity index (χ1n) is 5.35. The second-order valence-corrected chi connectivity index (χ2v) is 5.00. The van der Waals surface area contributed by atoms with E-state index in [0.29, 0.717) is 0 Å². The van der Waals surface area contributed by atoms with Crippen LogP contribution in [0.5, 0.6) is 0 Å². The molecule has 0 bridgehead atoms. The lowest BCUT2D eigenvalue weighted by Gasteiger charge is -2.23. The number of benzene rings is 1. The molecule has 4 heteroatoms. The summed E-state index contributed by atoms with van der Waals surface area (Å²) in [7, 11) is 0. The highest BCUT2D eigenvalue weighted by Gasteiger charge is 2.15. The minimum absolute atomic E-state index is 0.168. The summed E-state index contributed by atoms with van der Waals surface area (Å²) >= 11 is 1.65. The molecule has 3 nitrogen and oxygen atoms in total. The zero-order valence-electron chi connectivity index (χ0n) is 10.0. The lowest BCUT2D eigenvalue weighted by atomic mass is 10.1. The van der Waals surface area contributed by atoms with Crippen molar-refractivity contribution in [3.05, 3.63) is 23.8 Å². The maximum Gasteiger partial charge on any atom is 0.0579 e. The number of anilines is 2. The van der Waals surface area contributed by atoms with Crippen molar-refractivity contribution in [3.63, 3.8) is 0 Å². The zero-order chi connectivity index (χ0) is 12.1. The number of hydrogen-bond donors (Lipinski definition) is 3. The largest absolute Gasteiger partial charge is 0.397 e. The fourth-order valence-corrected chi connectivity index (χ4v) is 2.21. The molecule has 0 aliphatic heterocycles. The van der Waals surface area contributed by atoms with Crippen LogP contribution < -0.4 is 11.1 Å². The third-order valence-electron chi connectivity index (χ3n) is 2.75. The number of thioether (sulfide) groups is 1. The Kier molecular flexibility index (Phi) is 4.96. The third-order valence-corrected chi connectivity index (χ3v) is 3.91. The number of nitrogens with one attached hydrogen (secondary N) is 1. The smallest absolute Gasteiger partial charge is 0.0579 e. The molecule has 2 unspecified atom stereocenters. The average Bonchev–Trinajstić information content (AvgIpc) is 2.26. The Labute approximate surface area is 101 Å². The summed E-state index contributed by atoms with van der Waals surface area (Å²) in [6.45, 7) is 4.21. The Bertz CT molecular complexity index is 340. The van der Waals surface area contributed by atoms with Gasteiger partial charge in [0.25, 0.3) is 0 Å². The van der Waals surface area contributed by atoms with E-state index in [0.717, 1.165) is 16.9 Å². The minimum Gasteiger partial charge on any atom is -0.397 e. The van der Waals surface area contributed by atoms with Crippen LogP contribution in [0.3, 0.4) is 0 Å². The van der Waals surface area contributed by atoms with Crippen LogP contribution in [0.25, 0.3) is 0 Å². The molecule has 0 fully saturated rings. The van der Waals surface area contributed by atoms with E-state index in [4.69, 9.17) is 5.73 Å². The Hall–Kier alpha value is -0.870. The van der Waals surface area contributed by atoms with Gasteiger partial charge in [0.15, 0.2) is 0 Å². The van der Waals surface area contributed by atoms with Crippen molar-refractivity contribution < 1.29 is 5.11 Å². The summed E-state index contributed by atoms with van der Waals surface area (Å²) in [6, 6.07) is 6.12. The molecule has 0 amide bonds. The van der Waals surface area contributed by atoms with Gasteiger partial charge in [-0.2, -0.15) is 11.8 Å². The maximum absolute atomic E-state index is 9.21. The highest BCUT2D eigenvalue weighted by atomic mass is 32.2. The Balaban J connectivity index is 2.76. The molecule has 0 spiro atoms. The Morgan fingerprint density at radius 3 is 2.75 bits per heavy atom. The van der Waals surface area contributed by atoms with E-state index in [-0.39, 0.29) is 17.9 Å². The maximum atomic E-state index is 9.21. The predicted octanol–water partition coefficient (Wildman–Crippen LogP) is 2.10. The van der Waals surface area contributed by atoms with Gasteiger partial charge in [0, 0.05) is 11.3 Å². The molecule has 16 heavy (non-hydrogen) atoms. The van der Waals surface area contributed by atoms with Crippen molar-refractivity contribution in [2.45, 2.75) is 25.1 Å². The number of aliphatic hydroxyl groups is 1. The quantitative estimate of drug-likeness (QED) is 0.690. The SMILES string of the molecule is CSC(CO)C(C)Nc1cccc(C)c1N. The van der Waals surface area contributed by atoms with Crippen LogP contribution in [0, 0.1) is 6.92 Å². The monoisotopic (exact) mass is 240 g/mol. The summed E-state index contributed by atoms with van der Waals surface area (Å²) in [4.78, 5) is 0. The first-order valence-corrected chi connectivity index (χ1v) is 6.64. The van der Waals surface area contributed by atoms with Crippen molar-refractivity contribution >= 4 is 23.1 Å². The van der Waals surface area contributed by atoms with E-state index >= 15 is 0 Å². The van der Waals surface area contributed by atoms with Gasteiger partial charge < -0.3 is 16.2 Å². The van der Waals surface area contributed by atoms with Gasteiger partial charge in [-0.25, -0.2) is 0 Å². The minimum atomic E-state index is 0.168. The molecule has 0 aliphatic carbocycles. The molecule has 4 N–H and O–H groups in total. The molecule has 90 valence electrons. The lowest BCUT2D eigenvalue weighted by molar-refractivity contribution is 0.288. The van der Waals surface area contributed by atoms with E-state index in [1.54, 1.807) is 11.8 Å². The van der Waals surface area contributed by atoms with E-state index < -0.39 is 0 Å². The number of nitrogen functional groups attached to an aromatic ring is 1. The van der Waals surface area contributed by atoms with Gasteiger partial charge in [-0.1, -0.05) is 12.1 Å². The topological polar surface area (TPSA) is 58.3 Å². The lowest BCUT2D eigenvalue weighted by Crippen LogP contribution is -2.31. The van der Waals surface area contributed by atoms with Crippen molar-refractivity contribution in [3.8, 4) is 0 Å². The summed E-state index contributed by atoms with van der Waals surface area (Å²) in [6.07, 6.45) is 2.00. The molecule has 2 atom stereocenters. The molecule has 1 aromatic carbocycles. The second-order valence-electron chi connectivity index (χ2n) is 3.93. The molecular weight excluding hydrogens is 220 g/mol. The highest BCUT2D eigenvalue weighted by molar-refractivity contribution is 7.99. The summed E-state index contributed by atoms with van der Waals surface area (Å²) in [5.41, 5.74) is 8.78. The first-order chi connectivity index (χ1) is 7.60. The number of rotatable bonds is 5. The van der Waals surface area contributed by atoms with Gasteiger partial charge in [0.05, 0.1) is 18.0 Å². The molecule has 0 aromatic heterocycles. The molecule has 1 aromatic rings. The Morgan fingerprint density at radius 2 is 2.19 bits per heavy atom. The third kappa shape index (κ3) is 3.06. The molecular formula is C12H20N2OS. The average molecular weight is 240 g/mol. The molecule has 0 heterocycles. The second kappa shape index (κ2) is 6.01. The van der Waals surface area contributed by atoms with Crippen LogP contribution in [-0.2, 0) is 0 Å². The van der Waals surface area contributed by atoms with Crippen molar-refractivity contribution in [2.75, 3.05) is 23.9 Å². The predicted molar refractivity (Wildman–Crippen MR) is 73.1 cm³/mol. The molecule has 0 saturated heterocycles. The summed E-state index contributed by atoms with van der Waals surface area (Å²) in [5, 5.41) is 12.7. The molecule has 0 saturated carbocycles. The summed E-state index contributed by atoms with van der Waals surface area (Å²) in [5.74, 6) is 0. The van der Waals surface area contributed by atoms with Crippen LogP contribution in [0.1, 0.15) is 12.5 Å². The van der Waals surface area contributed by atoms with Gasteiger partial charge in [-0.15, -0.1) is 0 Å². The van der Waals surface area contributed by atoms with Crippen molar-refractivity contribution in [2.24, 2.45) is 0 Å². The number of aliphatic hydroxyl groups excluding tert-OH is 1. The number of aryl methyl sites for hydroxylation is 1. The normalized spacial score (nSPS) is 14.5. The molecule has 1 rings (SSSR count). The van der Waals surface area contributed by atoms with Crippen LogP contribution >= 0.6 is 11.8 Å². The van der Waals surface area contributed by atoms with Gasteiger partial charge in [0.2, 0.25) is 0 Å². The fourth-order valence-electron chi connectivity index (χ4n) is 1.58. The van der Waals surface area contributed by atoms with Crippen molar-refractivity contribution in [1.29, 1.82) is 0 Å². The fraction of sp³-hybridized carbons (Fsp3) is 0.500. The van der Waals surface area contributed by atoms with E-state index in [1.807, 2.05) is 31.4 Å². The van der Waals surface area contributed by atoms with Crippen LogP contribution in [0.15, 0.2) is 18.2 Å². The number of hydrogen-bond acceptors (Lipinski definition) is 4. The van der Waals surface area contributed by atoms with Crippen LogP contribution in [0.4, 0.5) is 11.4 Å². The standard InChI is InChI=1S/C12H20N2OS/c1-8-5-4-6-10(12(8)13)14-9(2)11(7-15)16-3/h4-6,9,11,14-15H,7,13H2,1-3H3.